The summed E-state index contributed by atoms with van der Waals surface area (Å²) in [5, 5.41) is 5.87. The number of piperidine rings is 1. The molecule has 1 atom stereocenters. The molecule has 1 aromatic carbocycles. The minimum absolute atomic E-state index is 0. The number of ether oxygens (including phenoxy) is 1. The third-order valence-electron chi connectivity index (χ3n) is 5.45. The highest BCUT2D eigenvalue weighted by molar-refractivity contribution is 7.89. The Kier molecular flexibility index (Phi) is 12.6. The molecule has 1 aliphatic heterocycles. The van der Waals surface area contributed by atoms with E-state index in [4.69, 9.17) is 4.74 Å². The molecule has 2 rings (SSSR count). The molecule has 0 aliphatic carbocycles. The summed E-state index contributed by atoms with van der Waals surface area (Å²) in [6, 6.07) is 7.61. The third kappa shape index (κ3) is 8.92. The maximum Gasteiger partial charge on any atom is 0.227 e. The first-order chi connectivity index (χ1) is 15.2. The predicted molar refractivity (Wildman–Crippen MR) is 138 cm³/mol. The van der Waals surface area contributed by atoms with Crippen molar-refractivity contribution in [2.24, 2.45) is 11.8 Å². The van der Waals surface area contributed by atoms with Crippen LogP contribution in [0.3, 0.4) is 0 Å². The molecular weight excluding hydrogens is 426 g/mol. The second-order valence-electron chi connectivity index (χ2n) is 8.40. The van der Waals surface area contributed by atoms with Crippen LogP contribution >= 0.6 is 0 Å². The van der Waals surface area contributed by atoms with E-state index in [0.717, 1.165) is 24.5 Å². The van der Waals surface area contributed by atoms with Crippen molar-refractivity contribution in [1.82, 2.24) is 4.31 Å². The van der Waals surface area contributed by atoms with Gasteiger partial charge in [0.25, 0.3) is 0 Å². The van der Waals surface area contributed by atoms with Crippen LogP contribution < -0.4 is 10.6 Å². The number of hydrogen-bond acceptors (Lipinski definition) is 5. The fraction of sp³-hybridized carbons (Fsp3) is 0.625. The summed E-state index contributed by atoms with van der Waals surface area (Å²) < 4.78 is 32.0. The molecule has 0 spiro atoms. The van der Waals surface area contributed by atoms with Gasteiger partial charge >= 0.3 is 0 Å². The highest BCUT2D eigenvalue weighted by Crippen LogP contribution is 2.24. The van der Waals surface area contributed by atoms with Gasteiger partial charge < -0.3 is 15.4 Å². The zero-order valence-corrected chi connectivity index (χ0v) is 20.9. The van der Waals surface area contributed by atoms with E-state index in [0.29, 0.717) is 44.9 Å². The smallest absolute Gasteiger partial charge is 0.227 e. The van der Waals surface area contributed by atoms with Crippen molar-refractivity contribution < 1.29 is 20.8 Å². The van der Waals surface area contributed by atoms with Gasteiger partial charge in [-0.05, 0) is 56.4 Å². The first kappa shape index (κ1) is 28.1. The molecule has 2 N–H and O–H groups in total. The van der Waals surface area contributed by atoms with E-state index in [9.17, 15) is 13.2 Å². The van der Waals surface area contributed by atoms with Crippen LogP contribution in [-0.4, -0.2) is 56.7 Å². The summed E-state index contributed by atoms with van der Waals surface area (Å²) >= 11 is 0. The molecular formula is C24H45N3O4S. The van der Waals surface area contributed by atoms with Crippen LogP contribution in [0.2, 0.25) is 0 Å². The van der Waals surface area contributed by atoms with Crippen molar-refractivity contribution in [3.05, 3.63) is 37.4 Å². The molecule has 1 unspecified atom stereocenters. The zero-order valence-electron chi connectivity index (χ0n) is 20.1. The first-order valence-corrected chi connectivity index (χ1v) is 13.0. The fourth-order valence-corrected chi connectivity index (χ4v) is 4.99. The summed E-state index contributed by atoms with van der Waals surface area (Å²) in [5.74, 6) is 0.326. The summed E-state index contributed by atoms with van der Waals surface area (Å²) in [6.45, 7) is 16.8. The van der Waals surface area contributed by atoms with Crippen LogP contribution in [0.1, 0.15) is 49.8 Å². The van der Waals surface area contributed by atoms with Gasteiger partial charge in [0.1, 0.15) is 0 Å². The number of amides is 1. The Bertz CT molecular complexity index is 784. The molecule has 8 heteroatoms. The molecule has 1 aromatic rings. The average molecular weight is 472 g/mol. The number of carbonyl (C=O) groups excluding carboxylic acids is 1. The van der Waals surface area contributed by atoms with Gasteiger partial charge in [0, 0.05) is 46.4 Å². The number of carbonyl (C=O) groups is 1. The van der Waals surface area contributed by atoms with Crippen LogP contribution in [0.25, 0.3) is 0 Å². The average Bonchev–Trinajstić information content (AvgIpc) is 2.80. The van der Waals surface area contributed by atoms with Crippen LogP contribution in [0.4, 0.5) is 11.4 Å². The van der Waals surface area contributed by atoms with Gasteiger partial charge in [0.05, 0.1) is 11.9 Å². The zero-order chi connectivity index (χ0) is 24.1. The molecule has 1 heterocycles. The van der Waals surface area contributed by atoms with Gasteiger partial charge in [-0.2, -0.15) is 0 Å². The number of nitrogens with zero attached hydrogens (tertiary/aromatic N) is 1. The molecule has 7 nitrogen and oxygen atoms in total. The number of benzene rings is 1. The Labute approximate surface area is 197 Å². The SMILES string of the molecule is C=C.CCC(C)S(=O)(=O)N1CCC(C(=O)Nc2ccc(NCCOCC(C)C)cc2)CC1.[HH].[HH]. The Balaban J connectivity index is 0. The highest BCUT2D eigenvalue weighted by atomic mass is 32.2. The lowest BCUT2D eigenvalue weighted by molar-refractivity contribution is -0.120. The standard InChI is InChI=1S/C22H37N3O4S.C2H4.2H2/c1-5-18(4)30(27,28)25-13-10-19(11-14-25)22(26)24-21-8-6-20(7-9-21)23-12-15-29-16-17(2)3;1-2;;/h6-9,17-19,23H,5,10-16H2,1-4H3,(H,24,26);1-2H2;2*1H. The minimum Gasteiger partial charge on any atom is -0.383 e. The van der Waals surface area contributed by atoms with Crippen molar-refractivity contribution in [2.75, 3.05) is 43.5 Å². The van der Waals surface area contributed by atoms with Crippen molar-refractivity contribution >= 4 is 27.3 Å². The van der Waals surface area contributed by atoms with E-state index in [-0.39, 0.29) is 19.9 Å². The molecule has 0 radical (unpaired) electrons. The van der Waals surface area contributed by atoms with Gasteiger partial charge in [0.15, 0.2) is 0 Å². The van der Waals surface area contributed by atoms with Crippen LogP contribution in [0.15, 0.2) is 37.4 Å². The maximum absolute atomic E-state index is 12.6. The topological polar surface area (TPSA) is 87.7 Å². The van der Waals surface area contributed by atoms with Crippen LogP contribution in [0.5, 0.6) is 0 Å². The van der Waals surface area contributed by atoms with Crippen molar-refractivity contribution in [2.45, 2.75) is 52.2 Å². The maximum atomic E-state index is 12.6. The molecule has 1 saturated heterocycles. The molecule has 1 fully saturated rings. The second kappa shape index (κ2) is 14.3. The van der Waals surface area contributed by atoms with Gasteiger partial charge in [-0.25, -0.2) is 12.7 Å². The van der Waals surface area contributed by atoms with E-state index in [2.05, 4.69) is 37.6 Å². The monoisotopic (exact) mass is 471 g/mol. The Morgan fingerprint density at radius 2 is 1.72 bits per heavy atom. The lowest BCUT2D eigenvalue weighted by Crippen LogP contribution is -2.44. The molecule has 0 bridgehead atoms. The molecule has 32 heavy (non-hydrogen) atoms. The number of sulfonamides is 1. The fourth-order valence-electron chi connectivity index (χ4n) is 3.34. The van der Waals surface area contributed by atoms with Gasteiger partial charge in [-0.3, -0.25) is 4.79 Å². The number of rotatable bonds is 11. The summed E-state index contributed by atoms with van der Waals surface area (Å²) in [5.41, 5.74) is 1.72. The summed E-state index contributed by atoms with van der Waals surface area (Å²) in [7, 11) is -3.26. The summed E-state index contributed by atoms with van der Waals surface area (Å²) in [6.07, 6.45) is 1.70. The van der Waals surface area contributed by atoms with Crippen LogP contribution in [-0.2, 0) is 19.6 Å². The highest BCUT2D eigenvalue weighted by Gasteiger charge is 2.33. The quantitative estimate of drug-likeness (QED) is 0.356. The minimum atomic E-state index is -3.26. The predicted octanol–water partition coefficient (Wildman–Crippen LogP) is 4.84. The Hall–Kier alpha value is -1.90. The Morgan fingerprint density at radius 3 is 2.25 bits per heavy atom. The van der Waals surface area contributed by atoms with Crippen molar-refractivity contribution in [3.8, 4) is 0 Å². The summed E-state index contributed by atoms with van der Waals surface area (Å²) in [4.78, 5) is 12.6. The molecule has 1 amide bonds. The van der Waals surface area contributed by atoms with E-state index < -0.39 is 10.0 Å². The third-order valence-corrected chi connectivity index (χ3v) is 7.88. The number of nitrogens with one attached hydrogen (secondary N) is 2. The molecule has 0 saturated carbocycles. The molecule has 1 aliphatic rings. The van der Waals surface area contributed by atoms with Gasteiger partial charge in [0.2, 0.25) is 15.9 Å². The van der Waals surface area contributed by atoms with E-state index in [1.165, 1.54) is 4.31 Å². The molecule has 0 aromatic heterocycles. The van der Waals surface area contributed by atoms with Crippen molar-refractivity contribution in [1.29, 1.82) is 0 Å². The lowest BCUT2D eigenvalue weighted by Gasteiger charge is -2.32. The van der Waals surface area contributed by atoms with Gasteiger partial charge in [-0.15, -0.1) is 13.2 Å². The van der Waals surface area contributed by atoms with E-state index in [1.54, 1.807) is 6.92 Å². The van der Waals surface area contributed by atoms with E-state index >= 15 is 0 Å². The Morgan fingerprint density at radius 1 is 1.16 bits per heavy atom. The van der Waals surface area contributed by atoms with E-state index in [1.807, 2.05) is 31.2 Å². The largest absolute Gasteiger partial charge is 0.383 e. The van der Waals surface area contributed by atoms with Crippen molar-refractivity contribution in [3.63, 3.8) is 0 Å². The second-order valence-corrected chi connectivity index (χ2v) is 10.8. The molecule has 186 valence electrons. The first-order valence-electron chi connectivity index (χ1n) is 11.5. The number of hydrogen-bond donors (Lipinski definition) is 2. The van der Waals surface area contributed by atoms with Gasteiger partial charge in [-0.1, -0.05) is 20.8 Å². The van der Waals surface area contributed by atoms with Crippen LogP contribution in [0, 0.1) is 11.8 Å². The lowest BCUT2D eigenvalue weighted by atomic mass is 9.97. The normalized spacial score (nSPS) is 16.2. The number of anilines is 2.